The normalized spacial score (nSPS) is 10.6. The van der Waals surface area contributed by atoms with Gasteiger partial charge in [-0.25, -0.2) is 4.98 Å². The largest absolute Gasteiger partial charge is 0.444 e. The van der Waals surface area contributed by atoms with E-state index in [-0.39, 0.29) is 5.91 Å². The predicted octanol–water partition coefficient (Wildman–Crippen LogP) is 6.57. The summed E-state index contributed by atoms with van der Waals surface area (Å²) in [5, 5.41) is 3.59. The van der Waals surface area contributed by atoms with Gasteiger partial charge in [-0.05, 0) is 30.3 Å². The van der Waals surface area contributed by atoms with Crippen molar-refractivity contribution in [3.8, 4) is 22.7 Å². The third-order valence-electron chi connectivity index (χ3n) is 4.15. The Morgan fingerprint density at radius 1 is 0.893 bits per heavy atom. The predicted molar refractivity (Wildman–Crippen MR) is 112 cm³/mol. The van der Waals surface area contributed by atoms with Crippen LogP contribution in [0.1, 0.15) is 10.4 Å². The Labute approximate surface area is 171 Å². The fraction of sp³-hybridized carbons (Fsp3) is 0. The third-order valence-corrected chi connectivity index (χ3v) is 4.79. The van der Waals surface area contributed by atoms with Gasteiger partial charge in [0.2, 0.25) is 5.89 Å². The van der Waals surface area contributed by atoms with Crippen LogP contribution in [0.15, 0.2) is 83.5 Å². The van der Waals surface area contributed by atoms with Gasteiger partial charge >= 0.3 is 0 Å². The molecule has 0 radical (unpaired) electrons. The van der Waals surface area contributed by atoms with Crippen LogP contribution < -0.4 is 5.32 Å². The Morgan fingerprint density at radius 2 is 1.64 bits per heavy atom. The van der Waals surface area contributed by atoms with Crippen LogP contribution in [0.5, 0.6) is 0 Å². The van der Waals surface area contributed by atoms with Gasteiger partial charge in [-0.2, -0.15) is 0 Å². The number of hydrogen-bond acceptors (Lipinski definition) is 3. The lowest BCUT2D eigenvalue weighted by Crippen LogP contribution is -2.12. The van der Waals surface area contributed by atoms with E-state index >= 15 is 0 Å². The zero-order chi connectivity index (χ0) is 19.5. The molecule has 4 aromatic rings. The highest BCUT2D eigenvalue weighted by Gasteiger charge is 2.14. The minimum absolute atomic E-state index is 0.308. The van der Waals surface area contributed by atoms with Crippen LogP contribution in [0.2, 0.25) is 10.0 Å². The number of aromatic nitrogens is 1. The number of benzene rings is 3. The smallest absolute Gasteiger partial charge is 0.257 e. The second kappa shape index (κ2) is 7.89. The van der Waals surface area contributed by atoms with Crippen LogP contribution in [0.4, 0.5) is 5.69 Å². The van der Waals surface area contributed by atoms with Gasteiger partial charge in [0.25, 0.3) is 5.91 Å². The monoisotopic (exact) mass is 408 g/mol. The molecular weight excluding hydrogens is 395 g/mol. The van der Waals surface area contributed by atoms with Gasteiger partial charge in [0.05, 0.1) is 21.2 Å². The first-order valence-electron chi connectivity index (χ1n) is 8.48. The molecule has 3 aromatic carbocycles. The Morgan fingerprint density at radius 3 is 2.39 bits per heavy atom. The van der Waals surface area contributed by atoms with Crippen molar-refractivity contribution in [3.63, 3.8) is 0 Å². The van der Waals surface area contributed by atoms with Crippen LogP contribution in [-0.4, -0.2) is 10.9 Å². The highest BCUT2D eigenvalue weighted by molar-refractivity contribution is 6.35. The summed E-state index contributed by atoms with van der Waals surface area (Å²) in [7, 11) is 0. The number of carbonyl (C=O) groups is 1. The van der Waals surface area contributed by atoms with Gasteiger partial charge in [-0.15, -0.1) is 0 Å². The first-order chi connectivity index (χ1) is 13.6. The van der Waals surface area contributed by atoms with Crippen molar-refractivity contribution in [3.05, 3.63) is 94.7 Å². The molecule has 0 atom stereocenters. The number of nitrogens with zero attached hydrogens (tertiary/aromatic N) is 1. The van der Waals surface area contributed by atoms with E-state index in [1.807, 2.05) is 30.3 Å². The molecule has 4 nitrogen and oxygen atoms in total. The van der Waals surface area contributed by atoms with Gasteiger partial charge < -0.3 is 9.73 Å². The van der Waals surface area contributed by atoms with Crippen molar-refractivity contribution in [1.29, 1.82) is 0 Å². The summed E-state index contributed by atoms with van der Waals surface area (Å²) >= 11 is 12.5. The maximum Gasteiger partial charge on any atom is 0.257 e. The van der Waals surface area contributed by atoms with E-state index in [2.05, 4.69) is 10.3 Å². The molecule has 0 aliphatic heterocycles. The molecule has 28 heavy (non-hydrogen) atoms. The average Bonchev–Trinajstić information content (AvgIpc) is 3.19. The number of nitrogens with one attached hydrogen (secondary N) is 1. The van der Waals surface area contributed by atoms with Crippen LogP contribution in [0, 0.1) is 0 Å². The molecule has 0 aliphatic carbocycles. The molecule has 0 saturated heterocycles. The lowest BCUT2D eigenvalue weighted by Gasteiger charge is -2.08. The van der Waals surface area contributed by atoms with E-state index in [0.29, 0.717) is 32.8 Å². The second-order valence-electron chi connectivity index (χ2n) is 6.03. The topological polar surface area (TPSA) is 55.1 Å². The molecule has 6 heteroatoms. The molecule has 0 bridgehead atoms. The quantitative estimate of drug-likeness (QED) is 0.415. The van der Waals surface area contributed by atoms with Crippen LogP contribution >= 0.6 is 23.2 Å². The van der Waals surface area contributed by atoms with Crippen molar-refractivity contribution in [2.45, 2.75) is 0 Å². The lowest BCUT2D eigenvalue weighted by molar-refractivity contribution is 0.102. The summed E-state index contributed by atoms with van der Waals surface area (Å²) in [5.41, 5.74) is 3.26. The maximum atomic E-state index is 12.4. The summed E-state index contributed by atoms with van der Waals surface area (Å²) in [6.45, 7) is 0. The van der Waals surface area contributed by atoms with Crippen molar-refractivity contribution >= 4 is 34.8 Å². The standard InChI is InChI=1S/C22H14Cl2N2O2/c23-18-9-5-4-8-16(18)21(27)25-15-10-11-17(19(24)12-15)22-26-20(13-28-22)14-6-2-1-3-7-14/h1-13H,(H,25,27). The number of hydrogen-bond donors (Lipinski definition) is 1. The molecule has 4 rings (SSSR count). The van der Waals surface area contributed by atoms with Gasteiger partial charge in [0, 0.05) is 11.3 Å². The minimum atomic E-state index is -0.308. The van der Waals surface area contributed by atoms with Crippen LogP contribution in [-0.2, 0) is 0 Å². The molecule has 0 unspecified atom stereocenters. The highest BCUT2D eigenvalue weighted by Crippen LogP contribution is 2.32. The molecule has 0 spiro atoms. The van der Waals surface area contributed by atoms with Crippen molar-refractivity contribution < 1.29 is 9.21 Å². The molecule has 1 amide bonds. The Bertz CT molecular complexity index is 1140. The van der Waals surface area contributed by atoms with Gasteiger partial charge in [0.1, 0.15) is 12.0 Å². The number of anilines is 1. The molecule has 0 fully saturated rings. The van der Waals surface area contributed by atoms with Crippen LogP contribution in [0.25, 0.3) is 22.7 Å². The van der Waals surface area contributed by atoms with E-state index in [1.165, 1.54) is 0 Å². The van der Waals surface area contributed by atoms with E-state index in [9.17, 15) is 4.79 Å². The first kappa shape index (κ1) is 18.3. The number of rotatable bonds is 4. The Balaban J connectivity index is 1.56. The van der Waals surface area contributed by atoms with E-state index in [1.54, 1.807) is 48.7 Å². The third kappa shape index (κ3) is 3.79. The van der Waals surface area contributed by atoms with Crippen LogP contribution in [0.3, 0.4) is 0 Å². The zero-order valence-corrected chi connectivity index (χ0v) is 16.0. The molecule has 1 aromatic heterocycles. The number of oxazole rings is 1. The fourth-order valence-electron chi connectivity index (χ4n) is 2.75. The number of carbonyl (C=O) groups excluding carboxylic acids is 1. The molecule has 0 aliphatic rings. The SMILES string of the molecule is O=C(Nc1ccc(-c2nc(-c3ccccc3)co2)c(Cl)c1)c1ccccc1Cl. The minimum Gasteiger partial charge on any atom is -0.444 e. The maximum absolute atomic E-state index is 12.4. The van der Waals surface area contributed by atoms with Gasteiger partial charge in [-0.3, -0.25) is 4.79 Å². The number of halogens is 2. The molecular formula is C22H14Cl2N2O2. The summed E-state index contributed by atoms with van der Waals surface area (Å²) in [5.74, 6) is 0.102. The summed E-state index contributed by atoms with van der Waals surface area (Å²) in [6, 6.07) is 21.7. The first-order valence-corrected chi connectivity index (χ1v) is 9.24. The summed E-state index contributed by atoms with van der Waals surface area (Å²) in [6.07, 6.45) is 1.59. The molecule has 138 valence electrons. The van der Waals surface area contributed by atoms with E-state index in [4.69, 9.17) is 27.6 Å². The second-order valence-corrected chi connectivity index (χ2v) is 6.85. The number of amides is 1. The average molecular weight is 409 g/mol. The van der Waals surface area contributed by atoms with Crippen molar-refractivity contribution in [2.24, 2.45) is 0 Å². The van der Waals surface area contributed by atoms with E-state index in [0.717, 1.165) is 11.3 Å². The Kier molecular flexibility index (Phi) is 5.15. The fourth-order valence-corrected chi connectivity index (χ4v) is 3.23. The zero-order valence-electron chi connectivity index (χ0n) is 14.5. The Hall–Kier alpha value is -3.08. The molecule has 1 N–H and O–H groups in total. The van der Waals surface area contributed by atoms with E-state index < -0.39 is 0 Å². The lowest BCUT2D eigenvalue weighted by atomic mass is 10.1. The molecule has 0 saturated carbocycles. The van der Waals surface area contributed by atoms with Crippen molar-refractivity contribution in [2.75, 3.05) is 5.32 Å². The van der Waals surface area contributed by atoms with Crippen molar-refractivity contribution in [1.82, 2.24) is 4.98 Å². The summed E-state index contributed by atoms with van der Waals surface area (Å²) < 4.78 is 5.59. The highest BCUT2D eigenvalue weighted by atomic mass is 35.5. The molecule has 1 heterocycles. The van der Waals surface area contributed by atoms with Gasteiger partial charge in [0.15, 0.2) is 0 Å². The summed E-state index contributed by atoms with van der Waals surface area (Å²) in [4.78, 5) is 16.9. The van der Waals surface area contributed by atoms with Gasteiger partial charge in [-0.1, -0.05) is 65.7 Å².